The van der Waals surface area contributed by atoms with Gasteiger partial charge in [0.25, 0.3) is 5.91 Å². The normalized spacial score (nSPS) is 13.6. The Labute approximate surface area is 76.4 Å². The predicted octanol–water partition coefficient (Wildman–Crippen LogP) is 0.519. The third kappa shape index (κ3) is 1.52. The van der Waals surface area contributed by atoms with E-state index in [-0.39, 0.29) is 5.91 Å². The Morgan fingerprint density at radius 3 is 2.77 bits per heavy atom. The summed E-state index contributed by atoms with van der Waals surface area (Å²) in [4.78, 5) is 17.1. The van der Waals surface area contributed by atoms with Crippen molar-refractivity contribution in [1.29, 1.82) is 0 Å². The number of nitrogens with zero attached hydrogens (tertiary/aromatic N) is 2. The zero-order valence-electron chi connectivity index (χ0n) is 7.03. The molecule has 64 valence electrons. The average Bonchev–Trinajstić information content (AvgIpc) is 3.00. The first kappa shape index (κ1) is 7.81. The van der Waals surface area contributed by atoms with E-state index in [9.17, 15) is 4.79 Å². The SMILES string of the molecule is C#Cc1ccc(C(=O)N2CC2)cn1. The maximum absolute atomic E-state index is 11.4. The lowest BCUT2D eigenvalue weighted by Gasteiger charge is -1.99. The van der Waals surface area contributed by atoms with Crippen molar-refractivity contribution in [2.45, 2.75) is 0 Å². The number of hydrogen-bond donors (Lipinski definition) is 0. The second-order valence-electron chi connectivity index (χ2n) is 2.87. The summed E-state index contributed by atoms with van der Waals surface area (Å²) in [5.41, 5.74) is 1.17. The van der Waals surface area contributed by atoms with Gasteiger partial charge in [0.05, 0.1) is 5.56 Å². The molecule has 0 radical (unpaired) electrons. The van der Waals surface area contributed by atoms with Gasteiger partial charge < -0.3 is 4.90 Å². The van der Waals surface area contributed by atoms with Gasteiger partial charge in [-0.3, -0.25) is 4.79 Å². The topological polar surface area (TPSA) is 33.0 Å². The number of rotatable bonds is 1. The van der Waals surface area contributed by atoms with E-state index in [2.05, 4.69) is 10.9 Å². The highest BCUT2D eigenvalue weighted by molar-refractivity contribution is 5.95. The highest BCUT2D eigenvalue weighted by atomic mass is 16.2. The molecule has 2 heterocycles. The van der Waals surface area contributed by atoms with Crippen LogP contribution in [0.4, 0.5) is 0 Å². The molecular weight excluding hydrogens is 164 g/mol. The van der Waals surface area contributed by atoms with E-state index in [0.717, 1.165) is 13.1 Å². The molecule has 1 aromatic rings. The van der Waals surface area contributed by atoms with Gasteiger partial charge in [0.1, 0.15) is 5.69 Å². The number of pyridine rings is 1. The minimum Gasteiger partial charge on any atom is -0.335 e. The Balaban J connectivity index is 2.22. The van der Waals surface area contributed by atoms with Crippen LogP contribution in [0.1, 0.15) is 16.1 Å². The summed E-state index contributed by atoms with van der Waals surface area (Å²) in [6.45, 7) is 1.71. The summed E-state index contributed by atoms with van der Waals surface area (Å²) >= 11 is 0. The quantitative estimate of drug-likeness (QED) is 0.457. The molecule has 0 saturated carbocycles. The highest BCUT2D eigenvalue weighted by Gasteiger charge is 2.25. The molecule has 2 rings (SSSR count). The molecule has 1 saturated heterocycles. The average molecular weight is 172 g/mol. The lowest BCUT2D eigenvalue weighted by molar-refractivity contribution is 0.0885. The molecule has 0 N–H and O–H groups in total. The number of carbonyl (C=O) groups excluding carboxylic acids is 1. The van der Waals surface area contributed by atoms with Crippen LogP contribution in [0.25, 0.3) is 0 Å². The van der Waals surface area contributed by atoms with Crippen LogP contribution < -0.4 is 0 Å². The van der Waals surface area contributed by atoms with Gasteiger partial charge in [0, 0.05) is 19.3 Å². The number of aromatic nitrogens is 1. The maximum Gasteiger partial charge on any atom is 0.255 e. The molecule has 0 unspecified atom stereocenters. The van der Waals surface area contributed by atoms with Crippen LogP contribution in [0, 0.1) is 12.3 Å². The second-order valence-corrected chi connectivity index (χ2v) is 2.87. The van der Waals surface area contributed by atoms with Crippen LogP contribution in [0.2, 0.25) is 0 Å². The fourth-order valence-electron chi connectivity index (χ4n) is 1.04. The Bertz CT molecular complexity index is 371. The molecular formula is C10H8N2O. The van der Waals surface area contributed by atoms with Gasteiger partial charge in [-0.15, -0.1) is 6.42 Å². The van der Waals surface area contributed by atoms with Crippen LogP contribution in [0.3, 0.4) is 0 Å². The zero-order valence-corrected chi connectivity index (χ0v) is 7.03. The van der Waals surface area contributed by atoms with Crippen molar-refractivity contribution in [1.82, 2.24) is 9.88 Å². The standard InChI is InChI=1S/C10H8N2O/c1-2-9-4-3-8(7-11-9)10(13)12-5-6-12/h1,3-4,7H,5-6H2. The Kier molecular flexibility index (Phi) is 1.75. The molecule has 1 fully saturated rings. The van der Waals surface area contributed by atoms with Gasteiger partial charge >= 0.3 is 0 Å². The van der Waals surface area contributed by atoms with Crippen molar-refractivity contribution in [2.24, 2.45) is 0 Å². The van der Waals surface area contributed by atoms with E-state index < -0.39 is 0 Å². The van der Waals surface area contributed by atoms with Crippen molar-refractivity contribution in [3.05, 3.63) is 29.6 Å². The lowest BCUT2D eigenvalue weighted by Crippen LogP contribution is -2.10. The Morgan fingerprint density at radius 2 is 2.31 bits per heavy atom. The van der Waals surface area contributed by atoms with Crippen LogP contribution in [-0.4, -0.2) is 28.9 Å². The van der Waals surface area contributed by atoms with E-state index in [4.69, 9.17) is 6.42 Å². The van der Waals surface area contributed by atoms with Crippen LogP contribution >= 0.6 is 0 Å². The fraction of sp³-hybridized carbons (Fsp3) is 0.200. The van der Waals surface area contributed by atoms with E-state index in [1.165, 1.54) is 6.20 Å². The van der Waals surface area contributed by atoms with Crippen LogP contribution in [0.5, 0.6) is 0 Å². The minimum absolute atomic E-state index is 0.0380. The minimum atomic E-state index is 0.0380. The van der Waals surface area contributed by atoms with E-state index in [1.807, 2.05) is 0 Å². The molecule has 3 nitrogen and oxygen atoms in total. The molecule has 0 aromatic carbocycles. The van der Waals surface area contributed by atoms with Crippen molar-refractivity contribution in [2.75, 3.05) is 13.1 Å². The molecule has 0 aliphatic carbocycles. The fourth-order valence-corrected chi connectivity index (χ4v) is 1.04. The van der Waals surface area contributed by atoms with E-state index in [1.54, 1.807) is 17.0 Å². The molecule has 3 heteroatoms. The van der Waals surface area contributed by atoms with E-state index >= 15 is 0 Å². The predicted molar refractivity (Wildman–Crippen MR) is 48.1 cm³/mol. The molecule has 0 atom stereocenters. The summed E-state index contributed by atoms with van der Waals surface area (Å²) in [6, 6.07) is 3.39. The Morgan fingerprint density at radius 1 is 1.54 bits per heavy atom. The first-order valence-electron chi connectivity index (χ1n) is 4.03. The molecule has 0 bridgehead atoms. The molecule has 13 heavy (non-hydrogen) atoms. The van der Waals surface area contributed by atoms with Crippen molar-refractivity contribution in [3.8, 4) is 12.3 Å². The number of amides is 1. The van der Waals surface area contributed by atoms with Gasteiger partial charge in [-0.05, 0) is 12.1 Å². The number of terminal acetylenes is 1. The molecule has 1 aromatic heterocycles. The van der Waals surface area contributed by atoms with Gasteiger partial charge in [0.15, 0.2) is 0 Å². The summed E-state index contributed by atoms with van der Waals surface area (Å²) in [5.74, 6) is 2.44. The molecule has 0 spiro atoms. The third-order valence-corrected chi connectivity index (χ3v) is 1.89. The third-order valence-electron chi connectivity index (χ3n) is 1.89. The van der Waals surface area contributed by atoms with Gasteiger partial charge in [-0.2, -0.15) is 0 Å². The van der Waals surface area contributed by atoms with Crippen molar-refractivity contribution in [3.63, 3.8) is 0 Å². The number of carbonyl (C=O) groups is 1. The smallest absolute Gasteiger partial charge is 0.255 e. The molecule has 1 aliphatic heterocycles. The first-order valence-corrected chi connectivity index (χ1v) is 4.03. The molecule has 1 amide bonds. The van der Waals surface area contributed by atoms with Crippen molar-refractivity contribution >= 4 is 5.91 Å². The highest BCUT2D eigenvalue weighted by Crippen LogP contribution is 2.11. The van der Waals surface area contributed by atoms with Gasteiger partial charge in [-0.25, -0.2) is 4.98 Å². The largest absolute Gasteiger partial charge is 0.335 e. The summed E-state index contributed by atoms with van der Waals surface area (Å²) < 4.78 is 0. The van der Waals surface area contributed by atoms with Crippen LogP contribution in [0.15, 0.2) is 18.3 Å². The monoisotopic (exact) mass is 172 g/mol. The van der Waals surface area contributed by atoms with E-state index in [0.29, 0.717) is 11.3 Å². The zero-order chi connectivity index (χ0) is 9.26. The summed E-state index contributed by atoms with van der Waals surface area (Å²) in [6.07, 6.45) is 6.66. The van der Waals surface area contributed by atoms with Crippen LogP contribution in [-0.2, 0) is 0 Å². The summed E-state index contributed by atoms with van der Waals surface area (Å²) in [7, 11) is 0. The molecule has 1 aliphatic rings. The van der Waals surface area contributed by atoms with Gasteiger partial charge in [0.2, 0.25) is 0 Å². The Hall–Kier alpha value is -1.82. The van der Waals surface area contributed by atoms with Gasteiger partial charge in [-0.1, -0.05) is 5.92 Å². The number of hydrogen-bond acceptors (Lipinski definition) is 2. The second kappa shape index (κ2) is 2.91. The lowest BCUT2D eigenvalue weighted by atomic mass is 10.2. The van der Waals surface area contributed by atoms with Crippen molar-refractivity contribution < 1.29 is 4.79 Å². The maximum atomic E-state index is 11.4. The summed E-state index contributed by atoms with van der Waals surface area (Å²) in [5, 5.41) is 0. The first-order chi connectivity index (χ1) is 6.31.